The van der Waals surface area contributed by atoms with Crippen LogP contribution in [-0.2, 0) is 14.3 Å². The number of carbonyl (C=O) groups is 3. The molecule has 0 radical (unpaired) electrons. The highest BCUT2D eigenvalue weighted by Gasteiger charge is 2.17. The van der Waals surface area contributed by atoms with Crippen LogP contribution < -0.4 is 4.90 Å². The van der Waals surface area contributed by atoms with Gasteiger partial charge in [0, 0.05) is 18.9 Å². The Bertz CT molecular complexity index is 689. The molecule has 1 heterocycles. The first-order valence-electron chi connectivity index (χ1n) is 6.84. The number of amides is 1. The largest absolute Gasteiger partial charge is 0.453 e. The fourth-order valence-corrected chi connectivity index (χ4v) is 1.77. The van der Waals surface area contributed by atoms with Crippen molar-refractivity contribution in [3.05, 3.63) is 54.6 Å². The number of aromatic nitrogens is 2. The van der Waals surface area contributed by atoms with Gasteiger partial charge in [0.1, 0.15) is 6.33 Å². The predicted octanol–water partition coefficient (Wildman–Crippen LogP) is 1.26. The molecule has 118 valence electrons. The number of ether oxygens (including phenoxy) is 1. The molecule has 0 saturated carbocycles. The average molecular weight is 313 g/mol. The van der Waals surface area contributed by atoms with Crippen LogP contribution in [0.1, 0.15) is 16.9 Å². The predicted molar refractivity (Wildman–Crippen MR) is 81.8 cm³/mol. The fraction of sp³-hybridized carbons (Fsp3) is 0.188. The molecule has 0 saturated heterocycles. The van der Waals surface area contributed by atoms with Crippen LogP contribution in [0.25, 0.3) is 0 Å². The highest BCUT2D eigenvalue weighted by molar-refractivity contribution is 6.06. The Morgan fingerprint density at radius 1 is 1.13 bits per heavy atom. The molecule has 0 aliphatic rings. The molecule has 2 rings (SSSR count). The lowest BCUT2D eigenvalue weighted by Crippen LogP contribution is -2.29. The van der Waals surface area contributed by atoms with E-state index >= 15 is 0 Å². The van der Waals surface area contributed by atoms with Crippen molar-refractivity contribution in [3.63, 3.8) is 0 Å². The third-order valence-electron chi connectivity index (χ3n) is 3.02. The van der Waals surface area contributed by atoms with Crippen LogP contribution in [0.3, 0.4) is 0 Å². The Morgan fingerprint density at radius 3 is 2.52 bits per heavy atom. The molecule has 7 heteroatoms. The van der Waals surface area contributed by atoms with Gasteiger partial charge < -0.3 is 9.64 Å². The number of hydrogen-bond donors (Lipinski definition) is 0. The quantitative estimate of drug-likeness (QED) is 0.589. The van der Waals surface area contributed by atoms with Crippen LogP contribution in [0.5, 0.6) is 0 Å². The standard InChI is InChI=1S/C16H15N3O4/c1-19(12-5-3-2-4-6-12)15(21)9-13(20)10-23-16(22)14-7-8-17-11-18-14/h2-8,11H,9-10H2,1H3. The van der Waals surface area contributed by atoms with Crippen molar-refractivity contribution in [2.45, 2.75) is 6.42 Å². The van der Waals surface area contributed by atoms with E-state index in [0.29, 0.717) is 5.69 Å². The van der Waals surface area contributed by atoms with Crippen LogP contribution in [0.2, 0.25) is 0 Å². The van der Waals surface area contributed by atoms with E-state index in [0.717, 1.165) is 0 Å². The Balaban J connectivity index is 1.83. The summed E-state index contributed by atoms with van der Waals surface area (Å²) in [7, 11) is 1.58. The summed E-state index contributed by atoms with van der Waals surface area (Å²) < 4.78 is 4.83. The minimum Gasteiger partial charge on any atom is -0.453 e. The second-order valence-corrected chi connectivity index (χ2v) is 4.67. The maximum Gasteiger partial charge on any atom is 0.357 e. The second-order valence-electron chi connectivity index (χ2n) is 4.67. The van der Waals surface area contributed by atoms with Gasteiger partial charge in [-0.15, -0.1) is 0 Å². The number of carbonyl (C=O) groups excluding carboxylic acids is 3. The molecule has 1 amide bonds. The Kier molecular flexibility index (Phi) is 5.51. The molecular weight excluding hydrogens is 298 g/mol. The highest BCUT2D eigenvalue weighted by atomic mass is 16.5. The Labute approximate surface area is 132 Å². The third kappa shape index (κ3) is 4.70. The molecule has 0 spiro atoms. The first-order valence-corrected chi connectivity index (χ1v) is 6.84. The van der Waals surface area contributed by atoms with E-state index in [4.69, 9.17) is 4.74 Å². The molecule has 23 heavy (non-hydrogen) atoms. The fourth-order valence-electron chi connectivity index (χ4n) is 1.77. The lowest BCUT2D eigenvalue weighted by molar-refractivity contribution is -0.128. The first-order chi connectivity index (χ1) is 11.1. The van der Waals surface area contributed by atoms with E-state index in [1.807, 2.05) is 6.07 Å². The van der Waals surface area contributed by atoms with Gasteiger partial charge in [0.15, 0.2) is 18.1 Å². The van der Waals surface area contributed by atoms with Crippen LogP contribution in [-0.4, -0.2) is 41.3 Å². The third-order valence-corrected chi connectivity index (χ3v) is 3.02. The first kappa shape index (κ1) is 16.3. The molecule has 1 aromatic heterocycles. The molecule has 0 fully saturated rings. The van der Waals surface area contributed by atoms with Crippen LogP contribution in [0.15, 0.2) is 48.9 Å². The van der Waals surface area contributed by atoms with Crippen molar-refractivity contribution in [1.29, 1.82) is 0 Å². The van der Waals surface area contributed by atoms with Gasteiger partial charge >= 0.3 is 5.97 Å². The van der Waals surface area contributed by atoms with E-state index in [2.05, 4.69) is 9.97 Å². The summed E-state index contributed by atoms with van der Waals surface area (Å²) >= 11 is 0. The van der Waals surface area contributed by atoms with E-state index < -0.39 is 18.4 Å². The molecular formula is C16H15N3O4. The van der Waals surface area contributed by atoms with E-state index in [-0.39, 0.29) is 18.0 Å². The maximum atomic E-state index is 12.0. The Hall–Kier alpha value is -3.09. The highest BCUT2D eigenvalue weighted by Crippen LogP contribution is 2.12. The van der Waals surface area contributed by atoms with Crippen LogP contribution in [0, 0.1) is 0 Å². The molecule has 0 aliphatic carbocycles. The lowest BCUT2D eigenvalue weighted by Gasteiger charge is -2.16. The number of Topliss-reactive ketones (excluding diaryl/α,β-unsaturated/α-hetero) is 1. The maximum absolute atomic E-state index is 12.0. The second kappa shape index (κ2) is 7.79. The smallest absolute Gasteiger partial charge is 0.357 e. The number of nitrogens with zero attached hydrogens (tertiary/aromatic N) is 3. The molecule has 0 aliphatic heterocycles. The van der Waals surface area contributed by atoms with Gasteiger partial charge in [0.05, 0.1) is 6.42 Å². The lowest BCUT2D eigenvalue weighted by atomic mass is 10.2. The number of hydrogen-bond acceptors (Lipinski definition) is 6. The number of rotatable bonds is 6. The number of ketones is 1. The molecule has 1 aromatic carbocycles. The summed E-state index contributed by atoms with van der Waals surface area (Å²) in [5.41, 5.74) is 0.740. The van der Waals surface area contributed by atoms with Crippen molar-refractivity contribution in [2.75, 3.05) is 18.6 Å². The number of benzene rings is 1. The number of esters is 1. The minimum absolute atomic E-state index is 0.0560. The van der Waals surface area contributed by atoms with Gasteiger partial charge in [-0.2, -0.15) is 0 Å². The van der Waals surface area contributed by atoms with Crippen molar-refractivity contribution in [3.8, 4) is 0 Å². The summed E-state index contributed by atoms with van der Waals surface area (Å²) in [5, 5.41) is 0. The van der Waals surface area contributed by atoms with Gasteiger partial charge in [-0.05, 0) is 18.2 Å². The average Bonchev–Trinajstić information content (AvgIpc) is 2.60. The van der Waals surface area contributed by atoms with Gasteiger partial charge in [-0.25, -0.2) is 14.8 Å². The van der Waals surface area contributed by atoms with E-state index in [1.165, 1.54) is 23.5 Å². The van der Waals surface area contributed by atoms with Gasteiger partial charge in [0.2, 0.25) is 5.91 Å². The molecule has 0 N–H and O–H groups in total. The Morgan fingerprint density at radius 2 is 1.87 bits per heavy atom. The summed E-state index contributed by atoms with van der Waals surface area (Å²) in [6.07, 6.45) is 2.25. The summed E-state index contributed by atoms with van der Waals surface area (Å²) in [4.78, 5) is 44.2. The van der Waals surface area contributed by atoms with Crippen molar-refractivity contribution in [2.24, 2.45) is 0 Å². The molecule has 0 unspecified atom stereocenters. The summed E-state index contributed by atoms with van der Waals surface area (Å²) in [5.74, 6) is -1.59. The normalized spacial score (nSPS) is 9.96. The van der Waals surface area contributed by atoms with Crippen molar-refractivity contribution >= 4 is 23.3 Å². The minimum atomic E-state index is -0.732. The number of para-hydroxylation sites is 1. The monoisotopic (exact) mass is 313 g/mol. The van der Waals surface area contributed by atoms with Crippen LogP contribution >= 0.6 is 0 Å². The van der Waals surface area contributed by atoms with Crippen molar-refractivity contribution in [1.82, 2.24) is 9.97 Å². The summed E-state index contributed by atoms with van der Waals surface area (Å²) in [6.45, 7) is -0.475. The SMILES string of the molecule is CN(C(=O)CC(=O)COC(=O)c1ccncn1)c1ccccc1. The molecule has 2 aromatic rings. The molecule has 0 bridgehead atoms. The molecule has 7 nitrogen and oxygen atoms in total. The zero-order valence-corrected chi connectivity index (χ0v) is 12.5. The number of anilines is 1. The topological polar surface area (TPSA) is 89.5 Å². The van der Waals surface area contributed by atoms with Gasteiger partial charge in [-0.1, -0.05) is 18.2 Å². The van der Waals surface area contributed by atoms with E-state index in [9.17, 15) is 14.4 Å². The van der Waals surface area contributed by atoms with Gasteiger partial charge in [-0.3, -0.25) is 9.59 Å². The van der Waals surface area contributed by atoms with Crippen molar-refractivity contribution < 1.29 is 19.1 Å². The van der Waals surface area contributed by atoms with E-state index in [1.54, 1.807) is 31.3 Å². The van der Waals surface area contributed by atoms with Gasteiger partial charge in [0.25, 0.3) is 0 Å². The van der Waals surface area contributed by atoms with Crippen LogP contribution in [0.4, 0.5) is 5.69 Å². The summed E-state index contributed by atoms with van der Waals surface area (Å²) in [6, 6.07) is 10.3. The zero-order chi connectivity index (χ0) is 16.7. The zero-order valence-electron chi connectivity index (χ0n) is 12.5. The molecule has 0 atom stereocenters.